The van der Waals surface area contributed by atoms with Gasteiger partial charge in [0.15, 0.2) is 0 Å². The van der Waals surface area contributed by atoms with Crippen molar-refractivity contribution in [2.24, 2.45) is 0 Å². The van der Waals surface area contributed by atoms with Gasteiger partial charge in [-0.25, -0.2) is 8.78 Å². The predicted molar refractivity (Wildman–Crippen MR) is 30.4 cm³/mol. The van der Waals surface area contributed by atoms with Crippen molar-refractivity contribution in [3.05, 3.63) is 0 Å². The number of rotatable bonds is 3. The van der Waals surface area contributed by atoms with Crippen molar-refractivity contribution in [1.29, 1.82) is 0 Å². The molecule has 0 saturated heterocycles. The molecule has 4 heteroatoms. The van der Waals surface area contributed by atoms with E-state index in [-0.39, 0.29) is 5.75 Å². The van der Waals surface area contributed by atoms with Gasteiger partial charge in [-0.2, -0.15) is 11.8 Å². The van der Waals surface area contributed by atoms with Crippen LogP contribution >= 0.6 is 11.8 Å². The van der Waals surface area contributed by atoms with Gasteiger partial charge in [-0.3, -0.25) is 0 Å². The lowest BCUT2D eigenvalue weighted by Gasteiger charge is -2.09. The summed E-state index contributed by atoms with van der Waals surface area (Å²) in [6.07, 6.45) is 1.57. The molecular weight excluding hydrogens is 134 g/mol. The van der Waals surface area contributed by atoms with Gasteiger partial charge in [-0.1, -0.05) is 0 Å². The Bertz CT molecular complexity index is 67.1. The zero-order valence-electron chi connectivity index (χ0n) is 4.53. The van der Waals surface area contributed by atoms with Gasteiger partial charge >= 0.3 is 0 Å². The molecule has 0 unspecified atom stereocenters. The highest BCUT2D eigenvalue weighted by molar-refractivity contribution is 7.98. The van der Waals surface area contributed by atoms with E-state index in [0.717, 1.165) is 11.8 Å². The smallest absolute Gasteiger partial charge is 0.279 e. The molecule has 1 nitrogen and oxygen atoms in total. The minimum atomic E-state index is -2.89. The fraction of sp³-hybridized carbons (Fsp3) is 1.00. The first-order valence-corrected chi connectivity index (χ1v) is 3.49. The van der Waals surface area contributed by atoms with Crippen LogP contribution < -0.4 is 0 Å². The number of alkyl halides is 2. The first-order valence-electron chi connectivity index (χ1n) is 2.10. The van der Waals surface area contributed by atoms with Gasteiger partial charge in [0, 0.05) is 0 Å². The van der Waals surface area contributed by atoms with Crippen LogP contribution in [0.15, 0.2) is 0 Å². The van der Waals surface area contributed by atoms with Gasteiger partial charge in [-0.05, 0) is 6.26 Å². The fourth-order valence-corrected chi connectivity index (χ4v) is 0.770. The Balaban J connectivity index is 3.37. The molecule has 0 atom stereocenters. The van der Waals surface area contributed by atoms with E-state index < -0.39 is 12.5 Å². The number of thioether (sulfide) groups is 1. The maximum atomic E-state index is 11.9. The number of halogens is 2. The summed E-state index contributed by atoms with van der Waals surface area (Å²) in [7, 11) is 0. The van der Waals surface area contributed by atoms with Crippen molar-refractivity contribution in [3.63, 3.8) is 0 Å². The molecule has 0 aromatic heterocycles. The van der Waals surface area contributed by atoms with Crippen molar-refractivity contribution < 1.29 is 13.9 Å². The molecule has 0 bridgehead atoms. The normalized spacial score (nSPS) is 12.0. The van der Waals surface area contributed by atoms with Crippen LogP contribution in [0.2, 0.25) is 0 Å². The van der Waals surface area contributed by atoms with E-state index in [2.05, 4.69) is 0 Å². The van der Waals surface area contributed by atoms with Crippen LogP contribution in [0.3, 0.4) is 0 Å². The third-order valence-corrected chi connectivity index (χ3v) is 1.30. The summed E-state index contributed by atoms with van der Waals surface area (Å²) in [4.78, 5) is 0. The molecule has 0 aliphatic heterocycles. The second-order valence-corrected chi connectivity index (χ2v) is 2.31. The van der Waals surface area contributed by atoms with E-state index >= 15 is 0 Å². The number of aliphatic hydroxyl groups excluding tert-OH is 1. The maximum Gasteiger partial charge on any atom is 0.279 e. The molecule has 0 spiro atoms. The van der Waals surface area contributed by atoms with Crippen LogP contribution in [0.1, 0.15) is 0 Å². The molecule has 0 heterocycles. The van der Waals surface area contributed by atoms with Crippen LogP contribution in [0.25, 0.3) is 0 Å². The Labute approximate surface area is 51.1 Å². The van der Waals surface area contributed by atoms with Crippen molar-refractivity contribution >= 4 is 11.8 Å². The Morgan fingerprint density at radius 2 is 2.12 bits per heavy atom. The zero-order chi connectivity index (χ0) is 6.62. The van der Waals surface area contributed by atoms with E-state index in [1.165, 1.54) is 0 Å². The topological polar surface area (TPSA) is 20.2 Å². The Morgan fingerprint density at radius 3 is 2.25 bits per heavy atom. The Morgan fingerprint density at radius 1 is 1.62 bits per heavy atom. The molecule has 1 N–H and O–H groups in total. The number of hydrogen-bond acceptors (Lipinski definition) is 2. The zero-order valence-corrected chi connectivity index (χ0v) is 5.34. The van der Waals surface area contributed by atoms with Crippen LogP contribution in [0, 0.1) is 0 Å². The lowest BCUT2D eigenvalue weighted by atomic mass is 10.4. The van der Waals surface area contributed by atoms with Crippen molar-refractivity contribution in [2.45, 2.75) is 5.92 Å². The molecule has 0 aromatic carbocycles. The molecule has 0 aliphatic carbocycles. The van der Waals surface area contributed by atoms with Crippen molar-refractivity contribution in [3.8, 4) is 0 Å². The highest BCUT2D eigenvalue weighted by atomic mass is 32.2. The molecule has 0 rings (SSSR count). The second kappa shape index (κ2) is 3.25. The highest BCUT2D eigenvalue weighted by Gasteiger charge is 2.26. The van der Waals surface area contributed by atoms with Gasteiger partial charge in [0.05, 0.1) is 5.75 Å². The summed E-state index contributed by atoms with van der Waals surface area (Å²) in [5.74, 6) is -3.19. The Hall–Kier alpha value is 0.170. The van der Waals surface area contributed by atoms with Crippen LogP contribution in [0.5, 0.6) is 0 Å². The van der Waals surface area contributed by atoms with E-state index in [9.17, 15) is 8.78 Å². The van der Waals surface area contributed by atoms with Crippen molar-refractivity contribution in [2.75, 3.05) is 18.6 Å². The average Bonchev–Trinajstić information content (AvgIpc) is 1.67. The molecular formula is C4H8F2OS. The summed E-state index contributed by atoms with van der Waals surface area (Å²) in [5.41, 5.74) is 0. The Kier molecular flexibility index (Phi) is 3.31. The van der Waals surface area contributed by atoms with Crippen LogP contribution in [0.4, 0.5) is 8.78 Å². The minimum Gasteiger partial charge on any atom is -0.390 e. The standard InChI is InChI=1S/C4H8F2OS/c1-8-3-4(5,6)2-7/h7H,2-3H2,1H3. The summed E-state index contributed by atoms with van der Waals surface area (Å²) in [6, 6.07) is 0. The minimum absolute atomic E-state index is 0.302. The first-order chi connectivity index (χ1) is 3.62. The summed E-state index contributed by atoms with van der Waals surface area (Å²) in [5, 5.41) is 7.96. The molecule has 50 valence electrons. The summed E-state index contributed by atoms with van der Waals surface area (Å²) < 4.78 is 23.8. The predicted octanol–water partition coefficient (Wildman–Crippen LogP) is 0.977. The van der Waals surface area contributed by atoms with Gasteiger partial charge in [-0.15, -0.1) is 0 Å². The van der Waals surface area contributed by atoms with Crippen LogP contribution in [-0.4, -0.2) is 29.6 Å². The SMILES string of the molecule is CSCC(F)(F)CO. The van der Waals surface area contributed by atoms with Crippen molar-refractivity contribution in [1.82, 2.24) is 0 Å². The molecule has 0 aromatic rings. The molecule has 0 radical (unpaired) electrons. The van der Waals surface area contributed by atoms with Crippen LogP contribution in [-0.2, 0) is 0 Å². The van der Waals surface area contributed by atoms with E-state index in [1.54, 1.807) is 6.26 Å². The summed E-state index contributed by atoms with van der Waals surface area (Å²) in [6.45, 7) is -1.05. The number of hydrogen-bond donors (Lipinski definition) is 1. The van der Waals surface area contributed by atoms with Gasteiger partial charge < -0.3 is 5.11 Å². The highest BCUT2D eigenvalue weighted by Crippen LogP contribution is 2.16. The lowest BCUT2D eigenvalue weighted by Crippen LogP contribution is -2.23. The lowest BCUT2D eigenvalue weighted by molar-refractivity contribution is -0.0275. The molecule has 0 fully saturated rings. The molecule has 8 heavy (non-hydrogen) atoms. The first kappa shape index (κ1) is 8.17. The van der Waals surface area contributed by atoms with E-state index in [0.29, 0.717) is 0 Å². The van der Waals surface area contributed by atoms with E-state index in [1.807, 2.05) is 0 Å². The van der Waals surface area contributed by atoms with E-state index in [4.69, 9.17) is 5.11 Å². The third-order valence-electron chi connectivity index (χ3n) is 0.587. The molecule has 0 amide bonds. The van der Waals surface area contributed by atoms with Gasteiger partial charge in [0.2, 0.25) is 0 Å². The molecule has 0 saturated carbocycles. The van der Waals surface area contributed by atoms with Gasteiger partial charge in [0.25, 0.3) is 5.92 Å². The largest absolute Gasteiger partial charge is 0.390 e. The number of aliphatic hydroxyl groups is 1. The van der Waals surface area contributed by atoms with Gasteiger partial charge in [0.1, 0.15) is 6.61 Å². The quantitative estimate of drug-likeness (QED) is 0.633. The fourth-order valence-electron chi connectivity index (χ4n) is 0.257. The molecule has 0 aliphatic rings. The monoisotopic (exact) mass is 142 g/mol. The maximum absolute atomic E-state index is 11.9. The third kappa shape index (κ3) is 3.21. The average molecular weight is 142 g/mol. The second-order valence-electron chi connectivity index (χ2n) is 1.45. The summed E-state index contributed by atoms with van der Waals surface area (Å²) >= 11 is 1.02.